The first kappa shape index (κ1) is 14.5. The van der Waals surface area contributed by atoms with Gasteiger partial charge in [-0.05, 0) is 24.6 Å². The normalized spacial score (nSPS) is 11.9. The van der Waals surface area contributed by atoms with Crippen molar-refractivity contribution in [2.75, 3.05) is 7.05 Å². The average Bonchev–Trinajstić information content (AvgIpc) is 2.35. The molecule has 0 bridgehead atoms. The fourth-order valence-electron chi connectivity index (χ4n) is 1.57. The average molecular weight is 270 g/mol. The Balaban J connectivity index is 2.65. The molecule has 1 unspecified atom stereocenters. The van der Waals surface area contributed by atoms with Crippen LogP contribution < -0.4 is 0 Å². The molecule has 1 atom stereocenters. The third kappa shape index (κ3) is 4.04. The van der Waals surface area contributed by atoms with Gasteiger partial charge in [0, 0.05) is 18.5 Å². The Morgan fingerprint density at radius 2 is 1.83 bits per heavy atom. The molecule has 5 heteroatoms. The maximum Gasteiger partial charge on any atom is 0.303 e. The molecule has 0 saturated carbocycles. The highest BCUT2D eigenvalue weighted by Crippen LogP contribution is 2.21. The zero-order chi connectivity index (χ0) is 13.7. The van der Waals surface area contributed by atoms with Crippen LogP contribution in [-0.4, -0.2) is 28.9 Å². The molecule has 0 fully saturated rings. The van der Waals surface area contributed by atoms with Crippen molar-refractivity contribution < 1.29 is 14.7 Å². The second-order valence-electron chi connectivity index (χ2n) is 4.13. The molecule has 1 amide bonds. The molecule has 0 radical (unpaired) electrons. The molecule has 0 spiro atoms. The van der Waals surface area contributed by atoms with E-state index < -0.39 is 5.97 Å². The Bertz CT molecular complexity index is 430. The van der Waals surface area contributed by atoms with Crippen LogP contribution in [0.2, 0.25) is 5.02 Å². The monoisotopic (exact) mass is 269 g/mol. The number of hydrogen-bond acceptors (Lipinski definition) is 2. The summed E-state index contributed by atoms with van der Waals surface area (Å²) in [7, 11) is 1.67. The van der Waals surface area contributed by atoms with E-state index in [1.807, 2.05) is 19.1 Å². The van der Waals surface area contributed by atoms with Crippen molar-refractivity contribution in [1.29, 1.82) is 0 Å². The molecule has 4 nitrogen and oxygen atoms in total. The van der Waals surface area contributed by atoms with Crippen LogP contribution in [0, 0.1) is 0 Å². The predicted molar refractivity (Wildman–Crippen MR) is 69.5 cm³/mol. The van der Waals surface area contributed by atoms with Crippen LogP contribution in [0.5, 0.6) is 0 Å². The standard InChI is InChI=1S/C13H16ClNO3/c1-9(10-3-5-11(14)6-4-10)15(2)12(16)7-8-13(17)18/h3-6,9H,7-8H2,1-2H3,(H,17,18). The van der Waals surface area contributed by atoms with Crippen LogP contribution in [0.4, 0.5) is 0 Å². The van der Waals surface area contributed by atoms with Crippen LogP contribution >= 0.6 is 11.6 Å². The summed E-state index contributed by atoms with van der Waals surface area (Å²) in [5, 5.41) is 9.19. The quantitative estimate of drug-likeness (QED) is 0.894. The van der Waals surface area contributed by atoms with Gasteiger partial charge in [0.25, 0.3) is 0 Å². The second kappa shape index (κ2) is 6.40. The lowest BCUT2D eigenvalue weighted by molar-refractivity contribution is -0.141. The SMILES string of the molecule is CC(c1ccc(Cl)cc1)N(C)C(=O)CCC(=O)O. The summed E-state index contributed by atoms with van der Waals surface area (Å²) >= 11 is 5.80. The molecule has 98 valence electrons. The lowest BCUT2D eigenvalue weighted by Crippen LogP contribution is -2.29. The summed E-state index contributed by atoms with van der Waals surface area (Å²) in [4.78, 5) is 23.7. The van der Waals surface area contributed by atoms with Crippen LogP contribution in [0.3, 0.4) is 0 Å². The van der Waals surface area contributed by atoms with Gasteiger partial charge < -0.3 is 10.0 Å². The van der Waals surface area contributed by atoms with Gasteiger partial charge in [-0.25, -0.2) is 0 Å². The zero-order valence-corrected chi connectivity index (χ0v) is 11.1. The van der Waals surface area contributed by atoms with Gasteiger partial charge in [-0.1, -0.05) is 23.7 Å². The van der Waals surface area contributed by atoms with Crippen molar-refractivity contribution in [3.63, 3.8) is 0 Å². The Labute approximate surface area is 111 Å². The van der Waals surface area contributed by atoms with Crippen LogP contribution in [0.1, 0.15) is 31.4 Å². The first-order valence-corrected chi connectivity index (χ1v) is 6.02. The molecular weight excluding hydrogens is 254 g/mol. The molecule has 18 heavy (non-hydrogen) atoms. The highest BCUT2D eigenvalue weighted by atomic mass is 35.5. The molecule has 0 aliphatic rings. The van der Waals surface area contributed by atoms with Crippen molar-refractivity contribution in [3.8, 4) is 0 Å². The van der Waals surface area contributed by atoms with Crippen molar-refractivity contribution in [2.24, 2.45) is 0 Å². The fraction of sp³-hybridized carbons (Fsp3) is 0.385. The summed E-state index contributed by atoms with van der Waals surface area (Å²) in [5.41, 5.74) is 0.963. The maximum absolute atomic E-state index is 11.8. The number of aliphatic carboxylic acids is 1. The van der Waals surface area contributed by atoms with Gasteiger partial charge in [0.1, 0.15) is 0 Å². The van der Waals surface area contributed by atoms with E-state index in [9.17, 15) is 9.59 Å². The molecule has 0 aliphatic carbocycles. The molecular formula is C13H16ClNO3. The summed E-state index contributed by atoms with van der Waals surface area (Å²) in [6.07, 6.45) is -0.125. The Kier molecular flexibility index (Phi) is 5.16. The highest BCUT2D eigenvalue weighted by Gasteiger charge is 2.17. The first-order valence-electron chi connectivity index (χ1n) is 5.64. The topological polar surface area (TPSA) is 57.6 Å². The van der Waals surface area contributed by atoms with Crippen molar-refractivity contribution in [3.05, 3.63) is 34.9 Å². The predicted octanol–water partition coefficient (Wildman–Crippen LogP) is 2.72. The van der Waals surface area contributed by atoms with Gasteiger partial charge >= 0.3 is 5.97 Å². The molecule has 0 aromatic heterocycles. The van der Waals surface area contributed by atoms with Gasteiger partial charge in [-0.3, -0.25) is 9.59 Å². The molecule has 0 heterocycles. The van der Waals surface area contributed by atoms with Crippen LogP contribution in [0.25, 0.3) is 0 Å². The molecule has 0 aliphatic heterocycles. The summed E-state index contributed by atoms with van der Waals surface area (Å²) in [6.45, 7) is 1.89. The zero-order valence-electron chi connectivity index (χ0n) is 10.4. The Hall–Kier alpha value is -1.55. The molecule has 1 rings (SSSR count). The molecule has 1 aromatic carbocycles. The Morgan fingerprint density at radius 3 is 2.33 bits per heavy atom. The van der Waals surface area contributed by atoms with Crippen molar-refractivity contribution in [2.45, 2.75) is 25.8 Å². The number of amides is 1. The van der Waals surface area contributed by atoms with Gasteiger partial charge in [0.05, 0.1) is 12.5 Å². The minimum Gasteiger partial charge on any atom is -0.481 e. The lowest BCUT2D eigenvalue weighted by atomic mass is 10.1. The third-order valence-electron chi connectivity index (χ3n) is 2.88. The summed E-state index contributed by atoms with van der Waals surface area (Å²) in [5.74, 6) is -1.14. The molecule has 1 aromatic rings. The van der Waals surface area contributed by atoms with Crippen molar-refractivity contribution in [1.82, 2.24) is 4.90 Å². The van der Waals surface area contributed by atoms with Crippen molar-refractivity contribution >= 4 is 23.5 Å². The van der Waals surface area contributed by atoms with E-state index in [1.54, 1.807) is 24.1 Å². The van der Waals surface area contributed by atoms with Gasteiger partial charge in [-0.2, -0.15) is 0 Å². The highest BCUT2D eigenvalue weighted by molar-refractivity contribution is 6.30. The lowest BCUT2D eigenvalue weighted by Gasteiger charge is -2.25. The number of nitrogens with zero attached hydrogens (tertiary/aromatic N) is 1. The second-order valence-corrected chi connectivity index (χ2v) is 4.56. The number of carbonyl (C=O) groups is 2. The number of hydrogen-bond donors (Lipinski definition) is 1. The van der Waals surface area contributed by atoms with E-state index in [4.69, 9.17) is 16.7 Å². The molecule has 0 saturated heterocycles. The largest absolute Gasteiger partial charge is 0.481 e. The summed E-state index contributed by atoms with van der Waals surface area (Å²) in [6, 6.07) is 7.14. The smallest absolute Gasteiger partial charge is 0.303 e. The number of carboxylic acid groups (broad SMARTS) is 1. The third-order valence-corrected chi connectivity index (χ3v) is 3.13. The minimum atomic E-state index is -0.962. The minimum absolute atomic E-state index is 0.0176. The van der Waals surface area contributed by atoms with E-state index in [0.717, 1.165) is 5.56 Å². The van der Waals surface area contributed by atoms with E-state index in [-0.39, 0.29) is 24.8 Å². The van der Waals surface area contributed by atoms with E-state index in [1.165, 1.54) is 0 Å². The fourth-order valence-corrected chi connectivity index (χ4v) is 1.70. The molecule has 1 N–H and O–H groups in total. The maximum atomic E-state index is 11.8. The van der Waals surface area contributed by atoms with E-state index in [2.05, 4.69) is 0 Å². The number of rotatable bonds is 5. The number of carbonyl (C=O) groups excluding carboxylic acids is 1. The number of carboxylic acids is 1. The van der Waals surface area contributed by atoms with Crippen LogP contribution in [-0.2, 0) is 9.59 Å². The van der Waals surface area contributed by atoms with E-state index in [0.29, 0.717) is 5.02 Å². The van der Waals surface area contributed by atoms with E-state index >= 15 is 0 Å². The van der Waals surface area contributed by atoms with Gasteiger partial charge in [0.2, 0.25) is 5.91 Å². The van der Waals surface area contributed by atoms with Crippen LogP contribution in [0.15, 0.2) is 24.3 Å². The summed E-state index contributed by atoms with van der Waals surface area (Å²) < 4.78 is 0. The number of benzene rings is 1. The van der Waals surface area contributed by atoms with Gasteiger partial charge in [0.15, 0.2) is 0 Å². The Morgan fingerprint density at radius 1 is 1.28 bits per heavy atom. The number of halogens is 1. The van der Waals surface area contributed by atoms with Gasteiger partial charge in [-0.15, -0.1) is 0 Å². The first-order chi connectivity index (χ1) is 8.41.